The molecule has 0 amide bonds. The Balaban J connectivity index is 1.74. The molecule has 1 saturated carbocycles. The number of fused-ring (bicyclic) bond motifs is 1. The van der Waals surface area contributed by atoms with Crippen LogP contribution in [0.15, 0.2) is 47.5 Å². The third-order valence-corrected chi connectivity index (χ3v) is 5.53. The van der Waals surface area contributed by atoms with Crippen molar-refractivity contribution in [2.75, 3.05) is 7.11 Å². The summed E-state index contributed by atoms with van der Waals surface area (Å²) < 4.78 is 11.8. The third-order valence-electron chi connectivity index (χ3n) is 5.53. The van der Waals surface area contributed by atoms with Crippen molar-refractivity contribution in [2.45, 2.75) is 37.4 Å². The van der Waals surface area contributed by atoms with E-state index in [0.717, 1.165) is 48.1 Å². The second-order valence-electron chi connectivity index (χ2n) is 7.00. The van der Waals surface area contributed by atoms with Crippen molar-refractivity contribution < 1.29 is 9.47 Å². The Kier molecular flexibility index (Phi) is 4.39. The van der Waals surface area contributed by atoms with E-state index >= 15 is 0 Å². The molecule has 2 aliphatic rings. The second-order valence-corrected chi connectivity index (χ2v) is 7.00. The maximum Gasteiger partial charge on any atom is 0.206 e. The van der Waals surface area contributed by atoms with Crippen molar-refractivity contribution in [2.24, 2.45) is 4.99 Å². The summed E-state index contributed by atoms with van der Waals surface area (Å²) in [6.07, 6.45) is 5.51. The van der Waals surface area contributed by atoms with E-state index in [1.54, 1.807) is 13.2 Å². The molecule has 1 aliphatic carbocycles. The number of nitriles is 2. The van der Waals surface area contributed by atoms with Crippen LogP contribution in [0.1, 0.15) is 36.8 Å². The van der Waals surface area contributed by atoms with E-state index in [0.29, 0.717) is 11.3 Å². The highest BCUT2D eigenvalue weighted by molar-refractivity contribution is 6.12. The van der Waals surface area contributed by atoms with Gasteiger partial charge in [-0.15, -0.1) is 0 Å². The Morgan fingerprint density at radius 3 is 2.59 bits per heavy atom. The molecule has 4 rings (SSSR count). The van der Waals surface area contributed by atoms with E-state index in [1.165, 1.54) is 0 Å². The Morgan fingerprint density at radius 1 is 1.11 bits per heavy atom. The van der Waals surface area contributed by atoms with Crippen LogP contribution in [0.4, 0.5) is 0 Å². The summed E-state index contributed by atoms with van der Waals surface area (Å²) in [6.45, 7) is 0. The first-order valence-electron chi connectivity index (χ1n) is 9.03. The molecule has 27 heavy (non-hydrogen) atoms. The van der Waals surface area contributed by atoms with Crippen molar-refractivity contribution in [3.8, 4) is 29.1 Å². The van der Waals surface area contributed by atoms with Crippen LogP contribution in [0.5, 0.6) is 5.75 Å². The molecule has 0 saturated heterocycles. The van der Waals surface area contributed by atoms with Gasteiger partial charge in [0.05, 0.1) is 17.7 Å². The maximum absolute atomic E-state index is 9.27. The fraction of sp³-hybridized carbons (Fsp3) is 0.318. The average molecular weight is 357 g/mol. The van der Waals surface area contributed by atoms with E-state index in [2.05, 4.69) is 11.1 Å². The third kappa shape index (κ3) is 2.97. The SMILES string of the molecule is COC1CCC2(CC1)Oc1ccc(-c3cccc(C#N)c3)cc1/C2=N/C#N. The number of nitrogens with zero attached hydrogens (tertiary/aromatic N) is 3. The van der Waals surface area contributed by atoms with Crippen LogP contribution in [-0.4, -0.2) is 24.5 Å². The summed E-state index contributed by atoms with van der Waals surface area (Å²) in [5, 5.41) is 18.4. The second kappa shape index (κ2) is 6.87. The summed E-state index contributed by atoms with van der Waals surface area (Å²) in [7, 11) is 1.73. The van der Waals surface area contributed by atoms with Gasteiger partial charge in [0.1, 0.15) is 11.5 Å². The molecule has 0 aromatic heterocycles. The normalized spacial score (nSPS) is 24.9. The molecule has 0 bridgehead atoms. The van der Waals surface area contributed by atoms with Gasteiger partial charge < -0.3 is 9.47 Å². The van der Waals surface area contributed by atoms with Gasteiger partial charge in [-0.05, 0) is 61.1 Å². The fourth-order valence-electron chi connectivity index (χ4n) is 4.10. The molecule has 1 spiro atoms. The minimum absolute atomic E-state index is 0.232. The summed E-state index contributed by atoms with van der Waals surface area (Å²) in [5.41, 5.74) is 3.59. The van der Waals surface area contributed by atoms with E-state index in [9.17, 15) is 5.26 Å². The summed E-state index contributed by atoms with van der Waals surface area (Å²) in [4.78, 5) is 4.17. The molecule has 5 nitrogen and oxygen atoms in total. The summed E-state index contributed by atoms with van der Waals surface area (Å²) in [6, 6.07) is 15.6. The predicted octanol–water partition coefficient (Wildman–Crippen LogP) is 4.22. The van der Waals surface area contributed by atoms with Crippen molar-refractivity contribution in [3.63, 3.8) is 0 Å². The monoisotopic (exact) mass is 357 g/mol. The first-order valence-corrected chi connectivity index (χ1v) is 9.03. The van der Waals surface area contributed by atoms with Crippen molar-refractivity contribution >= 4 is 5.71 Å². The highest BCUT2D eigenvalue weighted by Gasteiger charge is 2.48. The van der Waals surface area contributed by atoms with Gasteiger partial charge in [-0.25, -0.2) is 0 Å². The highest BCUT2D eigenvalue weighted by Crippen LogP contribution is 2.45. The van der Waals surface area contributed by atoms with Crippen LogP contribution in [-0.2, 0) is 4.74 Å². The standard InChI is InChI=1S/C22H19N3O2/c1-26-18-7-9-22(10-8-18)21(25-14-24)19-12-17(5-6-20(19)27-22)16-4-2-3-15(11-16)13-23/h2-6,11-12,18H,7-10H2,1H3/b25-21-. The van der Waals surface area contributed by atoms with Crippen LogP contribution in [0, 0.1) is 22.8 Å². The fourth-order valence-corrected chi connectivity index (χ4v) is 4.10. The molecule has 134 valence electrons. The van der Waals surface area contributed by atoms with E-state index in [1.807, 2.05) is 42.6 Å². The first-order chi connectivity index (χ1) is 13.2. The van der Waals surface area contributed by atoms with E-state index in [-0.39, 0.29) is 6.10 Å². The number of benzene rings is 2. The Hall–Kier alpha value is -3.15. The zero-order valence-electron chi connectivity index (χ0n) is 15.1. The van der Waals surface area contributed by atoms with Gasteiger partial charge in [0.15, 0.2) is 5.60 Å². The Labute approximate surface area is 158 Å². The van der Waals surface area contributed by atoms with Gasteiger partial charge >= 0.3 is 0 Å². The van der Waals surface area contributed by atoms with Crippen molar-refractivity contribution in [1.29, 1.82) is 10.5 Å². The topological polar surface area (TPSA) is 78.4 Å². The number of hydrogen-bond acceptors (Lipinski definition) is 5. The van der Waals surface area contributed by atoms with E-state index < -0.39 is 5.60 Å². The molecule has 0 radical (unpaired) electrons. The average Bonchev–Trinajstić information content (AvgIpc) is 3.01. The lowest BCUT2D eigenvalue weighted by Crippen LogP contribution is -2.45. The van der Waals surface area contributed by atoms with Gasteiger partial charge in [0, 0.05) is 12.7 Å². The molecular formula is C22H19N3O2. The van der Waals surface area contributed by atoms with Gasteiger partial charge in [-0.1, -0.05) is 18.2 Å². The molecule has 2 aromatic carbocycles. The molecule has 0 N–H and O–H groups in total. The zero-order valence-corrected chi connectivity index (χ0v) is 15.1. The van der Waals surface area contributed by atoms with Crippen LogP contribution >= 0.6 is 0 Å². The lowest BCUT2D eigenvalue weighted by atomic mass is 9.79. The molecular weight excluding hydrogens is 338 g/mol. The van der Waals surface area contributed by atoms with Gasteiger partial charge in [0.25, 0.3) is 0 Å². The van der Waals surface area contributed by atoms with Crippen LogP contribution < -0.4 is 4.74 Å². The van der Waals surface area contributed by atoms with Crippen molar-refractivity contribution in [3.05, 3.63) is 53.6 Å². The predicted molar refractivity (Wildman–Crippen MR) is 101 cm³/mol. The number of hydrogen-bond donors (Lipinski definition) is 0. The molecule has 0 atom stereocenters. The zero-order chi connectivity index (χ0) is 18.9. The molecule has 2 aromatic rings. The number of ether oxygens (including phenoxy) is 2. The highest BCUT2D eigenvalue weighted by atomic mass is 16.5. The smallest absolute Gasteiger partial charge is 0.206 e. The molecule has 1 heterocycles. The largest absolute Gasteiger partial charge is 0.480 e. The number of rotatable bonds is 2. The lowest BCUT2D eigenvalue weighted by Gasteiger charge is -2.36. The Bertz CT molecular complexity index is 989. The van der Waals surface area contributed by atoms with Crippen molar-refractivity contribution in [1.82, 2.24) is 0 Å². The van der Waals surface area contributed by atoms with Crippen LogP contribution in [0.3, 0.4) is 0 Å². The van der Waals surface area contributed by atoms with Crippen LogP contribution in [0.2, 0.25) is 0 Å². The van der Waals surface area contributed by atoms with Gasteiger partial charge in [-0.3, -0.25) is 0 Å². The number of aliphatic imine (C=N–C) groups is 1. The molecule has 0 unspecified atom stereocenters. The number of methoxy groups -OCH3 is 1. The van der Waals surface area contributed by atoms with Gasteiger partial charge in [0.2, 0.25) is 6.19 Å². The minimum Gasteiger partial charge on any atom is -0.480 e. The van der Waals surface area contributed by atoms with E-state index in [4.69, 9.17) is 14.7 Å². The molecule has 5 heteroatoms. The first kappa shape index (κ1) is 17.3. The lowest BCUT2D eigenvalue weighted by molar-refractivity contribution is 0.0143. The minimum atomic E-state index is -0.541. The van der Waals surface area contributed by atoms with Crippen LogP contribution in [0.25, 0.3) is 11.1 Å². The maximum atomic E-state index is 9.27. The quantitative estimate of drug-likeness (QED) is 0.754. The molecule has 1 fully saturated rings. The molecule has 1 aliphatic heterocycles. The summed E-state index contributed by atoms with van der Waals surface area (Å²) >= 11 is 0. The van der Waals surface area contributed by atoms with Gasteiger partial charge in [-0.2, -0.15) is 15.5 Å². The Morgan fingerprint density at radius 2 is 1.89 bits per heavy atom. The summed E-state index contributed by atoms with van der Waals surface area (Å²) in [5.74, 6) is 0.764.